The van der Waals surface area contributed by atoms with Gasteiger partial charge in [0.05, 0.1) is 30.1 Å². The van der Waals surface area contributed by atoms with Crippen molar-refractivity contribution in [2.24, 2.45) is 0 Å². The molecule has 0 fully saturated rings. The van der Waals surface area contributed by atoms with Gasteiger partial charge in [-0.3, -0.25) is 9.89 Å². The molecule has 1 aromatic carbocycles. The van der Waals surface area contributed by atoms with Crippen molar-refractivity contribution in [1.29, 1.82) is 0 Å². The van der Waals surface area contributed by atoms with Crippen LogP contribution in [0.25, 0.3) is 0 Å². The molecule has 0 atom stereocenters. The van der Waals surface area contributed by atoms with Gasteiger partial charge in [0, 0.05) is 5.69 Å². The highest BCUT2D eigenvalue weighted by Crippen LogP contribution is 2.16. The standard InChI is InChI=1S/C14H18N4O2/c1-9-14(10(2)18-17-9)16-13(19)7-8-20-12-5-3-11(15)4-6-12/h3-6H,7-8,15H2,1-2H3,(H,16,19)(H,17,18). The average Bonchev–Trinajstić information content (AvgIpc) is 2.73. The second kappa shape index (κ2) is 6.10. The van der Waals surface area contributed by atoms with Crippen LogP contribution in [0, 0.1) is 13.8 Å². The first-order chi connectivity index (χ1) is 9.56. The SMILES string of the molecule is Cc1n[nH]c(C)c1NC(=O)CCOc1ccc(N)cc1. The number of rotatable bonds is 5. The molecule has 0 bridgehead atoms. The van der Waals surface area contributed by atoms with Crippen LogP contribution in [0.15, 0.2) is 24.3 Å². The Bertz CT molecular complexity index is 570. The number of carbonyl (C=O) groups is 1. The lowest BCUT2D eigenvalue weighted by atomic mass is 10.3. The number of H-pyrrole nitrogens is 1. The zero-order valence-corrected chi connectivity index (χ0v) is 11.6. The van der Waals surface area contributed by atoms with Gasteiger partial charge in [0.1, 0.15) is 5.75 Å². The quantitative estimate of drug-likeness (QED) is 0.727. The highest BCUT2D eigenvalue weighted by molar-refractivity contribution is 5.91. The predicted octanol–water partition coefficient (Wildman–Crippen LogP) is 2.02. The molecule has 0 aliphatic rings. The molecule has 0 radical (unpaired) electrons. The summed E-state index contributed by atoms with van der Waals surface area (Å²) >= 11 is 0. The van der Waals surface area contributed by atoms with Crippen LogP contribution < -0.4 is 15.8 Å². The van der Waals surface area contributed by atoms with Gasteiger partial charge < -0.3 is 15.8 Å². The molecule has 0 aliphatic heterocycles. The molecule has 0 spiro atoms. The van der Waals surface area contributed by atoms with E-state index in [1.165, 1.54) is 0 Å². The maximum atomic E-state index is 11.8. The molecule has 4 N–H and O–H groups in total. The van der Waals surface area contributed by atoms with Crippen LogP contribution in [0.2, 0.25) is 0 Å². The minimum Gasteiger partial charge on any atom is -0.493 e. The van der Waals surface area contributed by atoms with E-state index >= 15 is 0 Å². The van der Waals surface area contributed by atoms with E-state index in [4.69, 9.17) is 10.5 Å². The van der Waals surface area contributed by atoms with Crippen LogP contribution in [0.1, 0.15) is 17.8 Å². The molecule has 20 heavy (non-hydrogen) atoms. The number of carbonyl (C=O) groups excluding carboxylic acids is 1. The van der Waals surface area contributed by atoms with E-state index in [1.54, 1.807) is 24.3 Å². The summed E-state index contributed by atoms with van der Waals surface area (Å²) in [5.41, 5.74) is 8.62. The van der Waals surface area contributed by atoms with Crippen molar-refractivity contribution < 1.29 is 9.53 Å². The van der Waals surface area contributed by atoms with Crippen molar-refractivity contribution in [3.8, 4) is 5.75 Å². The Labute approximate surface area is 117 Å². The number of hydrogen-bond acceptors (Lipinski definition) is 4. The lowest BCUT2D eigenvalue weighted by Gasteiger charge is -2.07. The maximum Gasteiger partial charge on any atom is 0.227 e. The number of aryl methyl sites for hydroxylation is 2. The first-order valence-corrected chi connectivity index (χ1v) is 6.36. The van der Waals surface area contributed by atoms with Gasteiger partial charge in [-0.15, -0.1) is 0 Å². The summed E-state index contributed by atoms with van der Waals surface area (Å²) < 4.78 is 5.47. The number of nitrogens with one attached hydrogen (secondary N) is 2. The first kappa shape index (κ1) is 13.9. The molecule has 6 nitrogen and oxygen atoms in total. The maximum absolute atomic E-state index is 11.8. The lowest BCUT2D eigenvalue weighted by Crippen LogP contribution is -2.16. The molecular weight excluding hydrogens is 256 g/mol. The molecule has 1 heterocycles. The highest BCUT2D eigenvalue weighted by atomic mass is 16.5. The summed E-state index contributed by atoms with van der Waals surface area (Å²) in [5, 5.41) is 9.67. The summed E-state index contributed by atoms with van der Waals surface area (Å²) in [6, 6.07) is 7.07. The number of nitrogens with zero attached hydrogens (tertiary/aromatic N) is 1. The Hall–Kier alpha value is -2.50. The summed E-state index contributed by atoms with van der Waals surface area (Å²) in [4.78, 5) is 11.8. The fourth-order valence-corrected chi connectivity index (χ4v) is 1.76. The van der Waals surface area contributed by atoms with E-state index in [9.17, 15) is 4.79 Å². The number of ether oxygens (including phenoxy) is 1. The Morgan fingerprint density at radius 3 is 2.65 bits per heavy atom. The number of nitrogens with two attached hydrogens (primary N) is 1. The van der Waals surface area contributed by atoms with Gasteiger partial charge in [0.25, 0.3) is 0 Å². The minimum atomic E-state index is -0.104. The largest absolute Gasteiger partial charge is 0.493 e. The summed E-state index contributed by atoms with van der Waals surface area (Å²) in [6.07, 6.45) is 0.272. The van der Waals surface area contributed by atoms with Gasteiger partial charge in [-0.2, -0.15) is 5.10 Å². The molecule has 0 saturated heterocycles. The first-order valence-electron chi connectivity index (χ1n) is 6.36. The van der Waals surface area contributed by atoms with Crippen molar-refractivity contribution >= 4 is 17.3 Å². The fourth-order valence-electron chi connectivity index (χ4n) is 1.76. The number of nitrogen functional groups attached to an aromatic ring is 1. The molecule has 106 valence electrons. The monoisotopic (exact) mass is 274 g/mol. The zero-order valence-electron chi connectivity index (χ0n) is 11.6. The number of anilines is 2. The fraction of sp³-hybridized carbons (Fsp3) is 0.286. The molecule has 6 heteroatoms. The lowest BCUT2D eigenvalue weighted by molar-refractivity contribution is -0.116. The van der Waals surface area contributed by atoms with Crippen LogP contribution in [0.4, 0.5) is 11.4 Å². The number of amides is 1. The second-order valence-corrected chi connectivity index (χ2v) is 4.52. The molecular formula is C14H18N4O2. The van der Waals surface area contributed by atoms with E-state index in [1.807, 2.05) is 13.8 Å². The van der Waals surface area contributed by atoms with Crippen molar-refractivity contribution in [2.45, 2.75) is 20.3 Å². The van der Waals surface area contributed by atoms with Crippen LogP contribution in [0.5, 0.6) is 5.75 Å². The van der Waals surface area contributed by atoms with Crippen LogP contribution in [-0.4, -0.2) is 22.7 Å². The van der Waals surface area contributed by atoms with Gasteiger partial charge in [-0.1, -0.05) is 0 Å². The van der Waals surface area contributed by atoms with E-state index in [0.29, 0.717) is 18.0 Å². The van der Waals surface area contributed by atoms with Gasteiger partial charge in [0.2, 0.25) is 5.91 Å². The number of hydrogen-bond donors (Lipinski definition) is 3. The van der Waals surface area contributed by atoms with Crippen LogP contribution in [0.3, 0.4) is 0 Å². The Morgan fingerprint density at radius 1 is 1.35 bits per heavy atom. The summed E-state index contributed by atoms with van der Waals surface area (Å²) in [7, 11) is 0. The van der Waals surface area contributed by atoms with Gasteiger partial charge >= 0.3 is 0 Å². The summed E-state index contributed by atoms with van der Waals surface area (Å²) in [6.45, 7) is 4.01. The number of aromatic amines is 1. The minimum absolute atomic E-state index is 0.104. The molecule has 2 aromatic rings. The van der Waals surface area contributed by atoms with Crippen molar-refractivity contribution in [3.05, 3.63) is 35.7 Å². The molecule has 0 unspecified atom stereocenters. The molecule has 1 aromatic heterocycles. The Balaban J connectivity index is 1.80. The summed E-state index contributed by atoms with van der Waals surface area (Å²) in [5.74, 6) is 0.593. The van der Waals surface area contributed by atoms with E-state index in [2.05, 4.69) is 15.5 Å². The molecule has 1 amide bonds. The molecule has 2 rings (SSSR count). The Morgan fingerprint density at radius 2 is 2.05 bits per heavy atom. The zero-order chi connectivity index (χ0) is 14.5. The van der Waals surface area contributed by atoms with Crippen molar-refractivity contribution in [1.82, 2.24) is 10.2 Å². The highest BCUT2D eigenvalue weighted by Gasteiger charge is 2.10. The van der Waals surface area contributed by atoms with E-state index in [0.717, 1.165) is 17.1 Å². The van der Waals surface area contributed by atoms with Gasteiger partial charge in [0.15, 0.2) is 0 Å². The van der Waals surface area contributed by atoms with E-state index < -0.39 is 0 Å². The molecule has 0 saturated carbocycles. The third-order valence-corrected chi connectivity index (χ3v) is 2.87. The Kier molecular flexibility index (Phi) is 4.24. The second-order valence-electron chi connectivity index (χ2n) is 4.52. The predicted molar refractivity (Wildman–Crippen MR) is 77.7 cm³/mol. The molecule has 0 aliphatic carbocycles. The number of aromatic nitrogens is 2. The van der Waals surface area contributed by atoms with Crippen LogP contribution in [-0.2, 0) is 4.79 Å². The third kappa shape index (κ3) is 3.50. The van der Waals surface area contributed by atoms with Gasteiger partial charge in [-0.25, -0.2) is 0 Å². The topological polar surface area (TPSA) is 93.0 Å². The van der Waals surface area contributed by atoms with Crippen LogP contribution >= 0.6 is 0 Å². The van der Waals surface area contributed by atoms with Crippen molar-refractivity contribution in [2.75, 3.05) is 17.7 Å². The van der Waals surface area contributed by atoms with Gasteiger partial charge in [-0.05, 0) is 38.1 Å². The third-order valence-electron chi connectivity index (χ3n) is 2.87. The normalized spacial score (nSPS) is 10.3. The number of benzene rings is 1. The smallest absolute Gasteiger partial charge is 0.227 e. The van der Waals surface area contributed by atoms with E-state index in [-0.39, 0.29) is 12.3 Å². The van der Waals surface area contributed by atoms with Crippen molar-refractivity contribution in [3.63, 3.8) is 0 Å². The average molecular weight is 274 g/mol.